The van der Waals surface area contributed by atoms with Crippen LogP contribution in [0.15, 0.2) is 6.07 Å². The largest absolute Gasteiger partial charge is 0.325 e. The molecular formula is C9H16N4. The summed E-state index contributed by atoms with van der Waals surface area (Å²) in [7, 11) is 1.95. The molecule has 2 rings (SSSR count). The van der Waals surface area contributed by atoms with Crippen LogP contribution < -0.4 is 11.1 Å². The zero-order valence-corrected chi connectivity index (χ0v) is 7.95. The van der Waals surface area contributed by atoms with Crippen molar-refractivity contribution in [3.8, 4) is 0 Å². The maximum atomic E-state index is 5.59. The van der Waals surface area contributed by atoms with E-state index in [0.717, 1.165) is 18.8 Å². The molecule has 4 heteroatoms. The number of aromatic nitrogens is 2. The van der Waals surface area contributed by atoms with Crippen LogP contribution in [0.5, 0.6) is 0 Å². The minimum absolute atomic E-state index is 0.573. The molecule has 0 aromatic carbocycles. The van der Waals surface area contributed by atoms with Gasteiger partial charge in [0.25, 0.3) is 0 Å². The fourth-order valence-corrected chi connectivity index (χ4v) is 1.83. The van der Waals surface area contributed by atoms with Crippen LogP contribution in [0.25, 0.3) is 0 Å². The van der Waals surface area contributed by atoms with Gasteiger partial charge in [-0.05, 0) is 19.0 Å². The van der Waals surface area contributed by atoms with Crippen LogP contribution in [-0.4, -0.2) is 22.9 Å². The van der Waals surface area contributed by atoms with Crippen LogP contribution >= 0.6 is 0 Å². The predicted molar refractivity (Wildman–Crippen MR) is 51.3 cm³/mol. The summed E-state index contributed by atoms with van der Waals surface area (Å²) in [6, 6.07) is 2.12. The van der Waals surface area contributed by atoms with E-state index in [1.807, 2.05) is 11.7 Å². The number of rotatable bonds is 2. The zero-order valence-electron chi connectivity index (χ0n) is 7.95. The molecule has 1 aromatic rings. The molecule has 1 saturated heterocycles. The Labute approximate surface area is 78.1 Å². The van der Waals surface area contributed by atoms with Crippen molar-refractivity contribution in [3.05, 3.63) is 17.5 Å². The van der Waals surface area contributed by atoms with Gasteiger partial charge in [-0.15, -0.1) is 0 Å². The molecule has 72 valence electrons. The van der Waals surface area contributed by atoms with Gasteiger partial charge in [0.1, 0.15) is 0 Å². The van der Waals surface area contributed by atoms with E-state index in [1.165, 1.54) is 12.1 Å². The van der Waals surface area contributed by atoms with Crippen LogP contribution in [0.3, 0.4) is 0 Å². The number of hydrogen-bond acceptors (Lipinski definition) is 3. The van der Waals surface area contributed by atoms with Crippen molar-refractivity contribution in [1.29, 1.82) is 0 Å². The summed E-state index contributed by atoms with van der Waals surface area (Å²) in [4.78, 5) is 0. The Morgan fingerprint density at radius 2 is 2.62 bits per heavy atom. The molecule has 13 heavy (non-hydrogen) atoms. The second-order valence-corrected chi connectivity index (χ2v) is 3.58. The Hall–Kier alpha value is -0.870. The third kappa shape index (κ3) is 1.59. The summed E-state index contributed by atoms with van der Waals surface area (Å²) in [5, 5.41) is 7.80. The first-order valence-corrected chi connectivity index (χ1v) is 4.75. The van der Waals surface area contributed by atoms with Gasteiger partial charge in [-0.2, -0.15) is 5.10 Å². The van der Waals surface area contributed by atoms with Gasteiger partial charge in [-0.25, -0.2) is 0 Å². The SMILES string of the molecule is Cn1nc(C2CCNC2)cc1CN. The molecule has 1 aliphatic heterocycles. The second kappa shape index (κ2) is 3.47. The Morgan fingerprint density at radius 1 is 1.77 bits per heavy atom. The van der Waals surface area contributed by atoms with Crippen LogP contribution in [-0.2, 0) is 13.6 Å². The molecule has 0 radical (unpaired) electrons. The third-order valence-corrected chi connectivity index (χ3v) is 2.68. The highest BCUT2D eigenvalue weighted by atomic mass is 15.3. The quantitative estimate of drug-likeness (QED) is 0.671. The first kappa shape index (κ1) is 8.72. The number of aryl methyl sites for hydroxylation is 1. The summed E-state index contributed by atoms with van der Waals surface area (Å²) in [5.41, 5.74) is 7.89. The third-order valence-electron chi connectivity index (χ3n) is 2.68. The van der Waals surface area contributed by atoms with E-state index in [9.17, 15) is 0 Å². The van der Waals surface area contributed by atoms with Gasteiger partial charge >= 0.3 is 0 Å². The van der Waals surface area contributed by atoms with Gasteiger partial charge < -0.3 is 11.1 Å². The van der Waals surface area contributed by atoms with E-state index in [4.69, 9.17) is 5.73 Å². The van der Waals surface area contributed by atoms with E-state index in [2.05, 4.69) is 16.5 Å². The molecule has 0 bridgehead atoms. The molecule has 3 N–H and O–H groups in total. The summed E-state index contributed by atoms with van der Waals surface area (Å²) < 4.78 is 1.88. The number of hydrogen-bond donors (Lipinski definition) is 2. The minimum Gasteiger partial charge on any atom is -0.325 e. The molecule has 0 aliphatic carbocycles. The van der Waals surface area contributed by atoms with Crippen LogP contribution in [0.1, 0.15) is 23.7 Å². The van der Waals surface area contributed by atoms with Gasteiger partial charge in [0.2, 0.25) is 0 Å². The Morgan fingerprint density at radius 3 is 3.15 bits per heavy atom. The fraction of sp³-hybridized carbons (Fsp3) is 0.667. The van der Waals surface area contributed by atoms with E-state index in [0.29, 0.717) is 12.5 Å². The highest BCUT2D eigenvalue weighted by Gasteiger charge is 2.19. The molecule has 2 heterocycles. The van der Waals surface area contributed by atoms with E-state index < -0.39 is 0 Å². The summed E-state index contributed by atoms with van der Waals surface area (Å²) >= 11 is 0. The lowest BCUT2D eigenvalue weighted by Gasteiger charge is -2.01. The number of nitrogens with one attached hydrogen (secondary N) is 1. The van der Waals surface area contributed by atoms with Crippen molar-refractivity contribution in [2.45, 2.75) is 18.9 Å². The molecule has 0 saturated carbocycles. The average Bonchev–Trinajstić information content (AvgIpc) is 2.71. The lowest BCUT2D eigenvalue weighted by atomic mass is 10.1. The van der Waals surface area contributed by atoms with E-state index in [-0.39, 0.29) is 0 Å². The first-order valence-electron chi connectivity index (χ1n) is 4.75. The monoisotopic (exact) mass is 180 g/mol. The maximum absolute atomic E-state index is 5.59. The molecule has 1 aromatic heterocycles. The minimum atomic E-state index is 0.573. The highest BCUT2D eigenvalue weighted by Crippen LogP contribution is 2.21. The molecule has 1 unspecified atom stereocenters. The maximum Gasteiger partial charge on any atom is 0.0671 e. The Kier molecular flexibility index (Phi) is 2.33. The molecule has 1 aliphatic rings. The van der Waals surface area contributed by atoms with Crippen LogP contribution in [0.2, 0.25) is 0 Å². The lowest BCUT2D eigenvalue weighted by molar-refractivity contribution is 0.662. The normalized spacial score (nSPS) is 22.5. The number of nitrogens with two attached hydrogens (primary N) is 1. The summed E-state index contributed by atoms with van der Waals surface area (Å²) in [5.74, 6) is 0.589. The summed E-state index contributed by atoms with van der Waals surface area (Å²) in [6.45, 7) is 2.74. The van der Waals surface area contributed by atoms with Crippen molar-refractivity contribution < 1.29 is 0 Å². The van der Waals surface area contributed by atoms with Gasteiger partial charge in [-0.3, -0.25) is 4.68 Å². The van der Waals surface area contributed by atoms with Crippen molar-refractivity contribution >= 4 is 0 Å². The lowest BCUT2D eigenvalue weighted by Crippen LogP contribution is -2.08. The van der Waals surface area contributed by atoms with Crippen molar-refractivity contribution in [2.24, 2.45) is 12.8 Å². The van der Waals surface area contributed by atoms with Crippen molar-refractivity contribution in [3.63, 3.8) is 0 Å². The van der Waals surface area contributed by atoms with E-state index in [1.54, 1.807) is 0 Å². The van der Waals surface area contributed by atoms with Crippen LogP contribution in [0, 0.1) is 0 Å². The molecule has 1 atom stereocenters. The molecule has 4 nitrogen and oxygen atoms in total. The molecule has 1 fully saturated rings. The van der Waals surface area contributed by atoms with Gasteiger partial charge in [0, 0.05) is 26.1 Å². The van der Waals surface area contributed by atoms with Gasteiger partial charge in [0.15, 0.2) is 0 Å². The fourth-order valence-electron chi connectivity index (χ4n) is 1.83. The van der Waals surface area contributed by atoms with Crippen molar-refractivity contribution in [1.82, 2.24) is 15.1 Å². The topological polar surface area (TPSA) is 55.9 Å². The second-order valence-electron chi connectivity index (χ2n) is 3.58. The average molecular weight is 180 g/mol. The summed E-state index contributed by atoms with van der Waals surface area (Å²) in [6.07, 6.45) is 1.20. The first-order chi connectivity index (χ1) is 6.31. The van der Waals surface area contributed by atoms with E-state index >= 15 is 0 Å². The Balaban J connectivity index is 2.20. The molecule has 0 spiro atoms. The molecule has 0 amide bonds. The Bertz CT molecular complexity index is 286. The van der Waals surface area contributed by atoms with Gasteiger partial charge in [0.05, 0.1) is 11.4 Å². The predicted octanol–water partition coefficient (Wildman–Crippen LogP) is -0.0443. The standard InChI is InChI=1S/C9H16N4/c1-13-8(5-10)4-9(12-13)7-2-3-11-6-7/h4,7,11H,2-3,5-6,10H2,1H3. The number of nitrogens with zero attached hydrogens (tertiary/aromatic N) is 2. The van der Waals surface area contributed by atoms with Gasteiger partial charge in [-0.1, -0.05) is 0 Å². The molecular weight excluding hydrogens is 164 g/mol. The van der Waals surface area contributed by atoms with Crippen molar-refractivity contribution in [2.75, 3.05) is 13.1 Å². The zero-order chi connectivity index (χ0) is 9.26. The smallest absolute Gasteiger partial charge is 0.0671 e. The highest BCUT2D eigenvalue weighted by molar-refractivity contribution is 5.15. The van der Waals surface area contributed by atoms with Crippen LogP contribution in [0.4, 0.5) is 0 Å².